The highest BCUT2D eigenvalue weighted by molar-refractivity contribution is 6.30. The van der Waals surface area contributed by atoms with Crippen molar-refractivity contribution in [3.8, 4) is 11.5 Å². The molecule has 0 bridgehead atoms. The highest BCUT2D eigenvalue weighted by Crippen LogP contribution is 2.27. The Hall–Kier alpha value is -3.26. The van der Waals surface area contributed by atoms with Crippen LogP contribution in [0.15, 0.2) is 66.7 Å². The summed E-state index contributed by atoms with van der Waals surface area (Å²) >= 11 is 5.94. The maximum Gasteiger partial charge on any atom is 0.204 e. The van der Waals surface area contributed by atoms with Crippen LogP contribution in [0, 0.1) is 0 Å². The Labute approximate surface area is 196 Å². The summed E-state index contributed by atoms with van der Waals surface area (Å²) in [4.78, 5) is 4.73. The number of aliphatic hydroxyl groups excluding tert-OH is 1. The van der Waals surface area contributed by atoms with Gasteiger partial charge in [-0.15, -0.1) is 0 Å². The largest absolute Gasteiger partial charge is 0.457 e. The van der Waals surface area contributed by atoms with E-state index in [0.29, 0.717) is 24.2 Å². The van der Waals surface area contributed by atoms with Gasteiger partial charge in [-0.2, -0.15) is 0 Å². The molecule has 0 saturated carbocycles. The Morgan fingerprint density at radius 2 is 1.76 bits per heavy atom. The average molecular weight is 465 g/mol. The lowest BCUT2D eigenvalue weighted by atomic mass is 10.2. The molecule has 1 saturated heterocycles. The number of aliphatic hydroxyl groups is 1. The van der Waals surface area contributed by atoms with Gasteiger partial charge >= 0.3 is 0 Å². The van der Waals surface area contributed by atoms with Crippen LogP contribution in [0.5, 0.6) is 11.5 Å². The third-order valence-corrected chi connectivity index (χ3v) is 5.72. The lowest BCUT2D eigenvalue weighted by molar-refractivity contribution is 0.0211. The Morgan fingerprint density at radius 3 is 2.42 bits per heavy atom. The van der Waals surface area contributed by atoms with Gasteiger partial charge in [0.1, 0.15) is 11.5 Å². The standard InChI is InChI=1S/C25H25ClN4O3/c26-18-3-8-22(9-4-18)33-21-6-1-17(2-7-21)14-30-24-13-19(28-20-15-32-16-20)5-10-23(24)29-25(30)27-11-12-31/h1-10,13,20,28,31H,11-12,14-16H2,(H,27,29). The van der Waals surface area contributed by atoms with E-state index in [1.807, 2.05) is 48.5 Å². The summed E-state index contributed by atoms with van der Waals surface area (Å²) in [5, 5.41) is 16.7. The van der Waals surface area contributed by atoms with Gasteiger partial charge in [0, 0.05) is 17.3 Å². The fraction of sp³-hybridized carbons (Fsp3) is 0.240. The molecule has 0 atom stereocenters. The summed E-state index contributed by atoms with van der Waals surface area (Å²) in [7, 11) is 0. The zero-order valence-corrected chi connectivity index (χ0v) is 18.8. The quantitative estimate of drug-likeness (QED) is 0.332. The van der Waals surface area contributed by atoms with Gasteiger partial charge in [0.05, 0.1) is 43.4 Å². The molecule has 1 aliphatic rings. The molecule has 1 aliphatic heterocycles. The van der Waals surface area contributed by atoms with Crippen LogP contribution < -0.4 is 15.4 Å². The lowest BCUT2D eigenvalue weighted by Crippen LogP contribution is -2.40. The van der Waals surface area contributed by atoms with E-state index in [-0.39, 0.29) is 6.61 Å². The fourth-order valence-corrected chi connectivity index (χ4v) is 3.84. The number of imidazole rings is 1. The van der Waals surface area contributed by atoms with Gasteiger partial charge in [-0.3, -0.25) is 0 Å². The van der Waals surface area contributed by atoms with E-state index in [1.54, 1.807) is 12.1 Å². The number of halogens is 1. The molecule has 7 nitrogen and oxygen atoms in total. The first kappa shape index (κ1) is 21.6. The van der Waals surface area contributed by atoms with Crippen molar-refractivity contribution < 1.29 is 14.6 Å². The van der Waals surface area contributed by atoms with Crippen molar-refractivity contribution in [1.29, 1.82) is 0 Å². The van der Waals surface area contributed by atoms with E-state index in [0.717, 1.165) is 52.9 Å². The van der Waals surface area contributed by atoms with E-state index in [2.05, 4.69) is 21.3 Å². The SMILES string of the molecule is OCCNc1nc2ccc(NC3COC3)cc2n1Cc1ccc(Oc2ccc(Cl)cc2)cc1. The molecule has 0 aliphatic carbocycles. The summed E-state index contributed by atoms with van der Waals surface area (Å²) in [6.45, 7) is 2.55. The number of fused-ring (bicyclic) bond motifs is 1. The first-order chi connectivity index (χ1) is 16.2. The second kappa shape index (κ2) is 9.70. The van der Waals surface area contributed by atoms with Crippen LogP contribution in [0.4, 0.5) is 11.6 Å². The molecule has 4 aromatic rings. The Morgan fingerprint density at radius 1 is 1.03 bits per heavy atom. The molecule has 5 rings (SSSR count). The number of aromatic nitrogens is 2. The minimum absolute atomic E-state index is 0.0361. The van der Waals surface area contributed by atoms with Crippen molar-refractivity contribution in [2.45, 2.75) is 12.6 Å². The molecule has 0 spiro atoms. The zero-order valence-electron chi connectivity index (χ0n) is 18.0. The topological polar surface area (TPSA) is 80.6 Å². The molecular formula is C25H25ClN4O3. The van der Waals surface area contributed by atoms with Crippen molar-refractivity contribution in [3.63, 3.8) is 0 Å². The van der Waals surface area contributed by atoms with Gasteiger partial charge in [0.25, 0.3) is 0 Å². The zero-order chi connectivity index (χ0) is 22.6. The molecule has 3 aromatic carbocycles. The van der Waals surface area contributed by atoms with E-state index in [1.165, 1.54) is 0 Å². The molecule has 2 heterocycles. The number of hydrogen-bond acceptors (Lipinski definition) is 6. The van der Waals surface area contributed by atoms with Gasteiger partial charge < -0.3 is 29.8 Å². The first-order valence-electron chi connectivity index (χ1n) is 10.9. The van der Waals surface area contributed by atoms with Crippen molar-refractivity contribution in [2.75, 3.05) is 37.0 Å². The maximum atomic E-state index is 9.28. The van der Waals surface area contributed by atoms with Crippen LogP contribution in [0.2, 0.25) is 5.02 Å². The summed E-state index contributed by atoms with van der Waals surface area (Å²) in [5.74, 6) is 2.22. The highest BCUT2D eigenvalue weighted by Gasteiger charge is 2.19. The molecule has 1 fully saturated rings. The van der Waals surface area contributed by atoms with Crippen LogP contribution in [0.3, 0.4) is 0 Å². The Bertz CT molecular complexity index is 1220. The number of nitrogens with zero attached hydrogens (tertiary/aromatic N) is 2. The van der Waals surface area contributed by atoms with Crippen LogP contribution >= 0.6 is 11.6 Å². The monoisotopic (exact) mass is 464 g/mol. The predicted octanol–water partition coefficient (Wildman–Crippen LogP) is 4.75. The summed E-state index contributed by atoms with van der Waals surface area (Å²) in [6.07, 6.45) is 0. The lowest BCUT2D eigenvalue weighted by Gasteiger charge is -2.27. The maximum absolute atomic E-state index is 9.28. The van der Waals surface area contributed by atoms with Gasteiger partial charge in [-0.05, 0) is 60.2 Å². The third-order valence-electron chi connectivity index (χ3n) is 5.47. The summed E-state index contributed by atoms with van der Waals surface area (Å²) < 4.78 is 13.3. The van der Waals surface area contributed by atoms with Gasteiger partial charge in [-0.1, -0.05) is 23.7 Å². The second-order valence-corrected chi connectivity index (χ2v) is 8.39. The Balaban J connectivity index is 1.38. The van der Waals surface area contributed by atoms with Gasteiger partial charge in [0.2, 0.25) is 5.95 Å². The molecule has 0 amide bonds. The second-order valence-electron chi connectivity index (χ2n) is 7.95. The minimum Gasteiger partial charge on any atom is -0.457 e. The van der Waals surface area contributed by atoms with E-state index in [4.69, 9.17) is 26.1 Å². The van der Waals surface area contributed by atoms with Crippen molar-refractivity contribution in [1.82, 2.24) is 9.55 Å². The smallest absolute Gasteiger partial charge is 0.204 e. The molecule has 170 valence electrons. The van der Waals surface area contributed by atoms with Crippen LogP contribution in [0.1, 0.15) is 5.56 Å². The molecule has 33 heavy (non-hydrogen) atoms. The van der Waals surface area contributed by atoms with Gasteiger partial charge in [-0.25, -0.2) is 4.98 Å². The molecule has 0 unspecified atom stereocenters. The van der Waals surface area contributed by atoms with E-state index < -0.39 is 0 Å². The molecule has 8 heteroatoms. The number of benzene rings is 3. The van der Waals surface area contributed by atoms with E-state index >= 15 is 0 Å². The molecular weight excluding hydrogens is 440 g/mol. The molecule has 3 N–H and O–H groups in total. The van der Waals surface area contributed by atoms with Crippen LogP contribution in [0.25, 0.3) is 11.0 Å². The number of rotatable bonds is 9. The fourth-order valence-electron chi connectivity index (χ4n) is 3.71. The summed E-state index contributed by atoms with van der Waals surface area (Å²) in [5.41, 5.74) is 4.06. The van der Waals surface area contributed by atoms with Crippen molar-refractivity contribution in [3.05, 3.63) is 77.3 Å². The molecule has 1 aromatic heterocycles. The summed E-state index contributed by atoms with van der Waals surface area (Å²) in [6, 6.07) is 21.8. The Kier molecular flexibility index (Phi) is 6.35. The predicted molar refractivity (Wildman–Crippen MR) is 131 cm³/mol. The number of nitrogens with one attached hydrogen (secondary N) is 2. The minimum atomic E-state index is 0.0361. The third kappa shape index (κ3) is 5.06. The first-order valence-corrected chi connectivity index (χ1v) is 11.3. The van der Waals surface area contributed by atoms with Gasteiger partial charge in [0.15, 0.2) is 0 Å². The van der Waals surface area contributed by atoms with Crippen LogP contribution in [-0.4, -0.2) is 47.1 Å². The highest BCUT2D eigenvalue weighted by atomic mass is 35.5. The molecule has 0 radical (unpaired) electrons. The van der Waals surface area contributed by atoms with E-state index in [9.17, 15) is 5.11 Å². The van der Waals surface area contributed by atoms with Crippen LogP contribution in [-0.2, 0) is 11.3 Å². The number of hydrogen-bond donors (Lipinski definition) is 3. The number of ether oxygens (including phenoxy) is 2. The average Bonchev–Trinajstić information content (AvgIpc) is 3.14. The number of anilines is 2. The van der Waals surface area contributed by atoms with Crippen molar-refractivity contribution in [2.24, 2.45) is 0 Å². The van der Waals surface area contributed by atoms with Crippen molar-refractivity contribution >= 4 is 34.3 Å². The normalized spacial score (nSPS) is 13.6.